The Hall–Kier alpha value is -1.40. The molecule has 0 aliphatic rings. The van der Waals surface area contributed by atoms with Crippen LogP contribution < -0.4 is 4.74 Å². The first-order chi connectivity index (χ1) is 8.13. The zero-order chi connectivity index (χ0) is 12.4. The van der Waals surface area contributed by atoms with Gasteiger partial charge in [0.25, 0.3) is 0 Å². The van der Waals surface area contributed by atoms with E-state index in [1.807, 2.05) is 6.92 Å². The Bertz CT molecular complexity index is 493. The van der Waals surface area contributed by atoms with Gasteiger partial charge in [0.1, 0.15) is 0 Å². The van der Waals surface area contributed by atoms with Gasteiger partial charge >= 0.3 is 0 Å². The first-order valence-corrected chi connectivity index (χ1v) is 6.14. The summed E-state index contributed by atoms with van der Waals surface area (Å²) >= 11 is 1.53. The van der Waals surface area contributed by atoms with Crippen LogP contribution in [0.15, 0.2) is 11.7 Å². The molecule has 0 radical (unpaired) electrons. The molecule has 0 saturated carbocycles. The number of aromatic nitrogens is 3. The first kappa shape index (κ1) is 12.1. The average molecular weight is 253 g/mol. The number of aryl methyl sites for hydroxylation is 2. The highest BCUT2D eigenvalue weighted by molar-refractivity contribution is 7.09. The molecule has 5 nitrogen and oxygen atoms in total. The van der Waals surface area contributed by atoms with Crippen LogP contribution in [0.1, 0.15) is 22.2 Å². The fourth-order valence-corrected chi connectivity index (χ4v) is 2.55. The van der Waals surface area contributed by atoms with Gasteiger partial charge in [-0.15, -0.1) is 11.3 Å². The highest BCUT2D eigenvalue weighted by atomic mass is 32.1. The number of ether oxygens (including phenoxy) is 1. The number of nitrogens with zero attached hydrogens (tertiary/aromatic N) is 3. The minimum absolute atomic E-state index is 0.535. The van der Waals surface area contributed by atoms with E-state index in [2.05, 4.69) is 10.1 Å². The van der Waals surface area contributed by atoms with Gasteiger partial charge < -0.3 is 9.84 Å². The summed E-state index contributed by atoms with van der Waals surface area (Å²) in [5, 5.41) is 14.5. The van der Waals surface area contributed by atoms with Crippen molar-refractivity contribution in [3.05, 3.63) is 27.8 Å². The molecule has 2 rings (SSSR count). The Morgan fingerprint density at radius 2 is 2.35 bits per heavy atom. The van der Waals surface area contributed by atoms with Gasteiger partial charge in [0.15, 0.2) is 0 Å². The minimum atomic E-state index is -0.612. The standard InChI is InChI=1S/C11H15N3O2S/c1-7-10(11(16-3)14(2)13-7)9(15)4-8-5-12-6-17-8/h5-6,9,15H,4H2,1-3H3. The predicted octanol–water partition coefficient (Wildman–Crippen LogP) is 1.47. The van der Waals surface area contributed by atoms with E-state index in [1.165, 1.54) is 11.3 Å². The highest BCUT2D eigenvalue weighted by Gasteiger charge is 2.22. The normalized spacial score (nSPS) is 12.7. The zero-order valence-corrected chi connectivity index (χ0v) is 10.9. The molecule has 1 atom stereocenters. The molecule has 0 bridgehead atoms. The Labute approximate surface area is 104 Å². The van der Waals surface area contributed by atoms with Crippen molar-refractivity contribution in [2.75, 3.05) is 7.11 Å². The highest BCUT2D eigenvalue weighted by Crippen LogP contribution is 2.30. The lowest BCUT2D eigenvalue weighted by Gasteiger charge is -2.10. The number of hydrogen-bond acceptors (Lipinski definition) is 5. The molecule has 92 valence electrons. The van der Waals surface area contributed by atoms with E-state index in [0.29, 0.717) is 12.3 Å². The van der Waals surface area contributed by atoms with Gasteiger partial charge in [-0.3, -0.25) is 4.98 Å². The van der Waals surface area contributed by atoms with Crippen LogP contribution in [-0.2, 0) is 13.5 Å². The molecule has 0 spiro atoms. The van der Waals surface area contributed by atoms with Crippen LogP contribution in [0.25, 0.3) is 0 Å². The minimum Gasteiger partial charge on any atom is -0.481 e. The molecular weight excluding hydrogens is 238 g/mol. The molecule has 0 aliphatic heterocycles. The van der Waals surface area contributed by atoms with Crippen LogP contribution >= 0.6 is 11.3 Å². The average Bonchev–Trinajstić information content (AvgIpc) is 2.85. The largest absolute Gasteiger partial charge is 0.481 e. The van der Waals surface area contributed by atoms with Crippen LogP contribution in [0.4, 0.5) is 0 Å². The third-order valence-corrected chi connectivity index (χ3v) is 3.42. The van der Waals surface area contributed by atoms with E-state index in [-0.39, 0.29) is 0 Å². The summed E-state index contributed by atoms with van der Waals surface area (Å²) in [6.45, 7) is 1.87. The molecular formula is C11H15N3O2S. The number of aliphatic hydroxyl groups is 1. The van der Waals surface area contributed by atoms with Gasteiger partial charge in [-0.25, -0.2) is 4.68 Å². The number of thiazole rings is 1. The predicted molar refractivity (Wildman–Crippen MR) is 65.3 cm³/mol. The number of rotatable bonds is 4. The van der Waals surface area contributed by atoms with Gasteiger partial charge in [0.05, 0.1) is 30.0 Å². The SMILES string of the molecule is COc1c(C(O)Cc2cncs2)c(C)nn1C. The zero-order valence-electron chi connectivity index (χ0n) is 10.0. The molecule has 0 amide bonds. The summed E-state index contributed by atoms with van der Waals surface area (Å²) in [4.78, 5) is 5.04. The molecule has 6 heteroatoms. The fraction of sp³-hybridized carbons (Fsp3) is 0.455. The maximum absolute atomic E-state index is 10.2. The van der Waals surface area contributed by atoms with Crippen molar-refractivity contribution in [1.29, 1.82) is 0 Å². The van der Waals surface area contributed by atoms with Crippen molar-refractivity contribution in [3.8, 4) is 5.88 Å². The molecule has 2 aromatic heterocycles. The van der Waals surface area contributed by atoms with E-state index in [1.54, 1.807) is 30.5 Å². The molecule has 17 heavy (non-hydrogen) atoms. The lowest BCUT2D eigenvalue weighted by atomic mass is 10.1. The molecule has 0 saturated heterocycles. The Morgan fingerprint density at radius 1 is 1.59 bits per heavy atom. The van der Waals surface area contributed by atoms with E-state index < -0.39 is 6.10 Å². The summed E-state index contributed by atoms with van der Waals surface area (Å²) in [6, 6.07) is 0. The topological polar surface area (TPSA) is 60.2 Å². The molecule has 0 aromatic carbocycles. The molecule has 2 heterocycles. The second-order valence-corrected chi connectivity index (χ2v) is 4.79. The fourth-order valence-electron chi connectivity index (χ4n) is 1.91. The van der Waals surface area contributed by atoms with E-state index in [9.17, 15) is 5.11 Å². The third-order valence-electron chi connectivity index (χ3n) is 2.62. The van der Waals surface area contributed by atoms with Crippen molar-refractivity contribution in [2.45, 2.75) is 19.4 Å². The van der Waals surface area contributed by atoms with E-state index in [4.69, 9.17) is 4.74 Å². The quantitative estimate of drug-likeness (QED) is 0.896. The van der Waals surface area contributed by atoms with E-state index in [0.717, 1.165) is 16.1 Å². The van der Waals surface area contributed by atoms with Crippen LogP contribution in [-0.4, -0.2) is 27.0 Å². The Balaban J connectivity index is 2.27. The lowest BCUT2D eigenvalue weighted by molar-refractivity contribution is 0.173. The lowest BCUT2D eigenvalue weighted by Crippen LogP contribution is -2.04. The molecule has 0 aliphatic carbocycles. The van der Waals surface area contributed by atoms with Crippen LogP contribution in [0, 0.1) is 6.92 Å². The van der Waals surface area contributed by atoms with Gasteiger partial charge in [0, 0.05) is 24.5 Å². The van der Waals surface area contributed by atoms with E-state index >= 15 is 0 Å². The second-order valence-electron chi connectivity index (χ2n) is 3.82. The maximum Gasteiger partial charge on any atom is 0.217 e. The first-order valence-electron chi connectivity index (χ1n) is 5.26. The van der Waals surface area contributed by atoms with Crippen molar-refractivity contribution in [2.24, 2.45) is 7.05 Å². The van der Waals surface area contributed by atoms with Crippen molar-refractivity contribution >= 4 is 11.3 Å². The molecule has 1 unspecified atom stereocenters. The maximum atomic E-state index is 10.2. The van der Waals surface area contributed by atoms with Gasteiger partial charge in [0.2, 0.25) is 5.88 Å². The Morgan fingerprint density at radius 3 is 2.94 bits per heavy atom. The van der Waals surface area contributed by atoms with Crippen LogP contribution in [0.5, 0.6) is 5.88 Å². The summed E-state index contributed by atoms with van der Waals surface area (Å²) in [5.41, 5.74) is 3.31. The smallest absolute Gasteiger partial charge is 0.217 e. The van der Waals surface area contributed by atoms with Crippen molar-refractivity contribution in [1.82, 2.24) is 14.8 Å². The molecule has 2 aromatic rings. The third kappa shape index (κ3) is 2.32. The summed E-state index contributed by atoms with van der Waals surface area (Å²) < 4.78 is 6.90. The monoisotopic (exact) mass is 253 g/mol. The van der Waals surface area contributed by atoms with Crippen LogP contribution in [0.3, 0.4) is 0 Å². The molecule has 0 fully saturated rings. The van der Waals surface area contributed by atoms with Gasteiger partial charge in [-0.2, -0.15) is 5.10 Å². The van der Waals surface area contributed by atoms with Crippen LogP contribution in [0.2, 0.25) is 0 Å². The number of hydrogen-bond donors (Lipinski definition) is 1. The van der Waals surface area contributed by atoms with Gasteiger partial charge in [-0.05, 0) is 6.92 Å². The summed E-state index contributed by atoms with van der Waals surface area (Å²) in [7, 11) is 3.38. The van der Waals surface area contributed by atoms with Crippen molar-refractivity contribution < 1.29 is 9.84 Å². The number of aliphatic hydroxyl groups excluding tert-OH is 1. The van der Waals surface area contributed by atoms with Crippen molar-refractivity contribution in [3.63, 3.8) is 0 Å². The summed E-state index contributed by atoms with van der Waals surface area (Å²) in [5.74, 6) is 0.611. The molecule has 1 N–H and O–H groups in total. The summed E-state index contributed by atoms with van der Waals surface area (Å²) in [6.07, 6.45) is 1.69. The number of methoxy groups -OCH3 is 1. The van der Waals surface area contributed by atoms with Gasteiger partial charge in [-0.1, -0.05) is 0 Å². The second kappa shape index (κ2) is 4.85. The Kier molecular flexibility index (Phi) is 3.44.